The molecule has 8 rings (SSSR count). The van der Waals surface area contributed by atoms with Crippen LogP contribution in [0.4, 0.5) is 10.1 Å². The number of carbonyl (C=O) groups excluding carboxylic acids is 4. The largest absolute Gasteiger partial charge is 0.508 e. The molecule has 2 aliphatic carbocycles. The van der Waals surface area contributed by atoms with E-state index in [0.717, 1.165) is 15.5 Å². The molecule has 3 heterocycles. The summed E-state index contributed by atoms with van der Waals surface area (Å²) in [6.07, 6.45) is 2.36. The summed E-state index contributed by atoms with van der Waals surface area (Å²) < 4.78 is 19.6. The minimum atomic E-state index is -1.56. The van der Waals surface area contributed by atoms with E-state index in [4.69, 9.17) is 16.3 Å². The van der Waals surface area contributed by atoms with Crippen LogP contribution in [0.1, 0.15) is 34.8 Å². The lowest BCUT2D eigenvalue weighted by molar-refractivity contribution is -0.141. The van der Waals surface area contributed by atoms with Crippen LogP contribution in [-0.4, -0.2) is 45.8 Å². The number of nitrogens with one attached hydrogen (secondary N) is 1. The highest BCUT2D eigenvalue weighted by Gasteiger charge is 2.70. The Morgan fingerprint density at radius 1 is 0.980 bits per heavy atom. The molecular formula is C38H31ClFN3O6S. The van der Waals surface area contributed by atoms with Crippen molar-refractivity contribution in [3.05, 3.63) is 123 Å². The molecule has 4 amide bonds. The van der Waals surface area contributed by atoms with Crippen molar-refractivity contribution in [2.24, 2.45) is 23.7 Å². The third-order valence-corrected chi connectivity index (χ3v) is 11.9. The predicted octanol–water partition coefficient (Wildman–Crippen LogP) is 6.44. The first-order valence-electron chi connectivity index (χ1n) is 16.2. The van der Waals surface area contributed by atoms with E-state index in [1.54, 1.807) is 30.3 Å². The molecule has 4 aliphatic rings. The van der Waals surface area contributed by atoms with Crippen LogP contribution in [0.5, 0.6) is 11.5 Å². The molecule has 2 N–H and O–H groups in total. The maximum atomic E-state index is 15.2. The molecular weight excluding hydrogens is 681 g/mol. The lowest BCUT2D eigenvalue weighted by Gasteiger charge is -2.50. The number of allylic oxidation sites excluding steroid dienone is 2. The number of amides is 4. The zero-order valence-electron chi connectivity index (χ0n) is 26.7. The van der Waals surface area contributed by atoms with Crippen LogP contribution < -0.4 is 10.2 Å². The Morgan fingerprint density at radius 3 is 2.44 bits per heavy atom. The summed E-state index contributed by atoms with van der Waals surface area (Å²) in [6.45, 7) is 0.171. The van der Waals surface area contributed by atoms with Gasteiger partial charge in [0.2, 0.25) is 11.8 Å². The number of benzene rings is 3. The van der Waals surface area contributed by atoms with Gasteiger partial charge in [0.05, 0.1) is 42.5 Å². The number of hydrazine groups is 1. The van der Waals surface area contributed by atoms with E-state index < -0.39 is 52.6 Å². The van der Waals surface area contributed by atoms with Gasteiger partial charge in [0.1, 0.15) is 17.3 Å². The van der Waals surface area contributed by atoms with Crippen LogP contribution in [0.2, 0.25) is 5.02 Å². The summed E-state index contributed by atoms with van der Waals surface area (Å²) in [4.78, 5) is 60.3. The standard InChI is InChI=1S/C38H31ClFN3O6S/c1-49-31-17-24(44)12-13-27(31)33-26-14-15-28-32(36(47)42(34(28)45)19-25-3-2-16-50-25)29(26)18-30-35(46)43(41-23-10-8-22(40)9-11-23)37(48)38(30,33)20-4-6-21(39)7-5-20/h2-14,16-17,28-30,32-33,41,44H,15,18-19H2,1H3. The van der Waals surface area contributed by atoms with Gasteiger partial charge in [-0.1, -0.05) is 47.5 Å². The number of carbonyl (C=O) groups is 4. The second kappa shape index (κ2) is 12.1. The second-order valence-corrected chi connectivity index (χ2v) is 14.6. The molecule has 1 aromatic heterocycles. The molecule has 6 unspecified atom stereocenters. The first-order chi connectivity index (χ1) is 24.1. The van der Waals surface area contributed by atoms with Crippen molar-refractivity contribution in [2.75, 3.05) is 12.5 Å². The first kappa shape index (κ1) is 32.2. The lowest BCUT2D eigenvalue weighted by atomic mass is 9.49. The molecule has 9 nitrogen and oxygen atoms in total. The number of nitrogens with zero attached hydrogens (tertiary/aromatic N) is 2. The number of halogens is 2. The summed E-state index contributed by atoms with van der Waals surface area (Å²) in [5.41, 5.74) is 3.53. The number of fused-ring (bicyclic) bond motifs is 4. The van der Waals surface area contributed by atoms with E-state index in [0.29, 0.717) is 27.6 Å². The van der Waals surface area contributed by atoms with Crippen molar-refractivity contribution < 1.29 is 33.4 Å². The van der Waals surface area contributed by atoms with Gasteiger partial charge in [-0.15, -0.1) is 11.3 Å². The van der Waals surface area contributed by atoms with Crippen LogP contribution >= 0.6 is 22.9 Å². The molecule has 1 saturated carbocycles. The van der Waals surface area contributed by atoms with Gasteiger partial charge in [-0.05, 0) is 78.2 Å². The Kier molecular flexibility index (Phi) is 7.80. The van der Waals surface area contributed by atoms with Gasteiger partial charge in [-0.3, -0.25) is 29.5 Å². The molecule has 3 aromatic carbocycles. The number of anilines is 1. The van der Waals surface area contributed by atoms with Crippen molar-refractivity contribution in [3.8, 4) is 11.5 Å². The van der Waals surface area contributed by atoms with Gasteiger partial charge in [-0.25, -0.2) is 4.39 Å². The van der Waals surface area contributed by atoms with Gasteiger partial charge in [0, 0.05) is 27.4 Å². The van der Waals surface area contributed by atoms with E-state index in [1.165, 1.54) is 59.7 Å². The van der Waals surface area contributed by atoms with E-state index in [9.17, 15) is 23.9 Å². The molecule has 2 saturated heterocycles. The van der Waals surface area contributed by atoms with Crippen molar-refractivity contribution in [3.63, 3.8) is 0 Å². The fourth-order valence-electron chi connectivity index (χ4n) is 8.72. The normalized spacial score (nSPS) is 27.2. The topological polar surface area (TPSA) is 116 Å². The molecule has 2 aliphatic heterocycles. The smallest absolute Gasteiger partial charge is 0.260 e. The Balaban J connectivity index is 1.33. The molecule has 6 atom stereocenters. The zero-order chi connectivity index (χ0) is 34.9. The summed E-state index contributed by atoms with van der Waals surface area (Å²) in [5, 5.41) is 13.8. The Bertz CT molecular complexity index is 2070. The molecule has 4 aromatic rings. The Hall–Kier alpha value is -5.00. The Labute approximate surface area is 295 Å². The molecule has 0 bridgehead atoms. The van der Waals surface area contributed by atoms with Crippen molar-refractivity contribution in [1.82, 2.24) is 9.91 Å². The maximum Gasteiger partial charge on any atom is 0.260 e. The van der Waals surface area contributed by atoms with Crippen molar-refractivity contribution in [2.45, 2.75) is 30.7 Å². The van der Waals surface area contributed by atoms with Crippen LogP contribution in [0, 0.1) is 29.5 Å². The molecule has 0 radical (unpaired) electrons. The van der Waals surface area contributed by atoms with Gasteiger partial charge >= 0.3 is 0 Å². The van der Waals surface area contributed by atoms with Crippen LogP contribution in [0.25, 0.3) is 0 Å². The van der Waals surface area contributed by atoms with Crippen LogP contribution in [-0.2, 0) is 31.1 Å². The highest BCUT2D eigenvalue weighted by molar-refractivity contribution is 7.09. The average Bonchev–Trinajstić information content (AvgIpc) is 3.78. The van der Waals surface area contributed by atoms with Gasteiger partial charge in [0.15, 0.2) is 0 Å². The third-order valence-electron chi connectivity index (χ3n) is 10.8. The molecule has 0 spiro atoms. The van der Waals surface area contributed by atoms with Gasteiger partial charge < -0.3 is 9.84 Å². The molecule has 3 fully saturated rings. The number of hydrogen-bond donors (Lipinski definition) is 2. The van der Waals surface area contributed by atoms with E-state index >= 15 is 4.79 Å². The average molecular weight is 712 g/mol. The fourth-order valence-corrected chi connectivity index (χ4v) is 9.54. The number of rotatable bonds is 7. The van der Waals surface area contributed by atoms with E-state index in [1.807, 2.05) is 23.6 Å². The summed E-state index contributed by atoms with van der Waals surface area (Å²) in [5.74, 6) is -5.60. The van der Waals surface area contributed by atoms with Crippen molar-refractivity contribution in [1.29, 1.82) is 0 Å². The van der Waals surface area contributed by atoms with Crippen LogP contribution in [0.15, 0.2) is 95.9 Å². The number of imide groups is 2. The molecule has 254 valence electrons. The Morgan fingerprint density at radius 2 is 1.74 bits per heavy atom. The quantitative estimate of drug-likeness (QED) is 0.168. The van der Waals surface area contributed by atoms with Crippen LogP contribution in [0.3, 0.4) is 0 Å². The number of phenolic OH excluding ortho intramolecular Hbond substituents is 1. The minimum absolute atomic E-state index is 0.0537. The van der Waals surface area contributed by atoms with E-state index in [-0.39, 0.29) is 37.0 Å². The summed E-state index contributed by atoms with van der Waals surface area (Å²) in [6, 6.07) is 20.5. The lowest BCUT2D eigenvalue weighted by Crippen LogP contribution is -2.53. The summed E-state index contributed by atoms with van der Waals surface area (Å²) >= 11 is 7.82. The second-order valence-electron chi connectivity index (χ2n) is 13.1. The molecule has 50 heavy (non-hydrogen) atoms. The van der Waals surface area contributed by atoms with Crippen molar-refractivity contribution >= 4 is 52.3 Å². The maximum absolute atomic E-state index is 15.2. The van der Waals surface area contributed by atoms with Gasteiger partial charge in [0.25, 0.3) is 11.8 Å². The number of thiophene rings is 1. The number of hydrogen-bond acceptors (Lipinski definition) is 8. The third kappa shape index (κ3) is 4.78. The van der Waals surface area contributed by atoms with E-state index in [2.05, 4.69) is 5.43 Å². The number of aromatic hydroxyl groups is 1. The predicted molar refractivity (Wildman–Crippen MR) is 184 cm³/mol. The molecule has 12 heteroatoms. The van der Waals surface area contributed by atoms with Gasteiger partial charge in [-0.2, -0.15) is 5.01 Å². The number of methoxy groups -OCH3 is 1. The SMILES string of the molecule is COc1cc(O)ccc1C1C2=CCC3C(=O)N(Cc4cccs4)C(=O)C3C2CC2C(=O)N(Nc3ccc(F)cc3)C(=O)C21c1ccc(Cl)cc1. The monoisotopic (exact) mass is 711 g/mol. The fraction of sp³-hybridized carbons (Fsp3) is 0.263. The number of phenols is 1. The zero-order valence-corrected chi connectivity index (χ0v) is 28.3. The number of ether oxygens (including phenoxy) is 1. The number of likely N-dealkylation sites (tertiary alicyclic amines) is 1. The summed E-state index contributed by atoms with van der Waals surface area (Å²) in [7, 11) is 1.46. The highest BCUT2D eigenvalue weighted by Crippen LogP contribution is 2.65. The first-order valence-corrected chi connectivity index (χ1v) is 17.5. The highest BCUT2D eigenvalue weighted by atomic mass is 35.5. The minimum Gasteiger partial charge on any atom is -0.508 e.